The van der Waals surface area contributed by atoms with Crippen LogP contribution in [0.1, 0.15) is 5.56 Å². The van der Waals surface area contributed by atoms with Crippen LogP contribution in [0.3, 0.4) is 0 Å². The van der Waals surface area contributed by atoms with Crippen molar-refractivity contribution in [3.63, 3.8) is 0 Å². The second-order valence-electron chi connectivity index (χ2n) is 2.91. The quantitative estimate of drug-likeness (QED) is 0.443. The molecule has 0 saturated heterocycles. The summed E-state index contributed by atoms with van der Waals surface area (Å²) >= 11 is 0. The van der Waals surface area contributed by atoms with Crippen LogP contribution in [0.15, 0.2) is 17.1 Å². The van der Waals surface area contributed by atoms with Crippen LogP contribution in [0.25, 0.3) is 0 Å². The molecule has 0 fully saturated rings. The standard InChI is InChI=1S/C10H12N2O4/c1-11-6-7-4-9(15-2)10(16-3)5-8(7)12(13)14/h4-6H,1-3H3. The monoisotopic (exact) mass is 224 g/mol. The van der Waals surface area contributed by atoms with Crippen molar-refractivity contribution in [2.24, 2.45) is 4.99 Å². The van der Waals surface area contributed by atoms with Crippen LogP contribution in [-0.2, 0) is 0 Å². The number of nitrogens with zero attached hydrogens (tertiary/aromatic N) is 2. The molecule has 0 bridgehead atoms. The molecule has 0 aromatic heterocycles. The van der Waals surface area contributed by atoms with Crippen LogP contribution in [0.5, 0.6) is 11.5 Å². The van der Waals surface area contributed by atoms with Gasteiger partial charge in [0.15, 0.2) is 11.5 Å². The Morgan fingerprint density at radius 3 is 2.31 bits per heavy atom. The highest BCUT2D eigenvalue weighted by Gasteiger charge is 2.17. The summed E-state index contributed by atoms with van der Waals surface area (Å²) in [6.07, 6.45) is 1.40. The number of nitro groups is 1. The predicted molar refractivity (Wildman–Crippen MR) is 59.7 cm³/mol. The topological polar surface area (TPSA) is 74.0 Å². The molecule has 0 unspecified atom stereocenters. The molecule has 0 spiro atoms. The molecule has 0 N–H and O–H groups in total. The van der Waals surface area contributed by atoms with Crippen LogP contribution < -0.4 is 9.47 Å². The maximum absolute atomic E-state index is 10.8. The number of rotatable bonds is 4. The van der Waals surface area contributed by atoms with Crippen molar-refractivity contribution in [3.8, 4) is 11.5 Å². The molecular formula is C10H12N2O4. The van der Waals surface area contributed by atoms with Gasteiger partial charge < -0.3 is 9.47 Å². The van der Waals surface area contributed by atoms with Gasteiger partial charge in [-0.1, -0.05) is 0 Å². The van der Waals surface area contributed by atoms with E-state index in [9.17, 15) is 10.1 Å². The van der Waals surface area contributed by atoms with Gasteiger partial charge in [-0.2, -0.15) is 0 Å². The van der Waals surface area contributed by atoms with E-state index < -0.39 is 4.92 Å². The first-order valence-corrected chi connectivity index (χ1v) is 4.46. The summed E-state index contributed by atoms with van der Waals surface area (Å²) in [5.41, 5.74) is 0.313. The summed E-state index contributed by atoms with van der Waals surface area (Å²) in [4.78, 5) is 14.1. The maximum Gasteiger partial charge on any atom is 0.282 e. The second kappa shape index (κ2) is 5.11. The van der Waals surface area contributed by atoms with Gasteiger partial charge in [-0.15, -0.1) is 0 Å². The van der Waals surface area contributed by atoms with Crippen molar-refractivity contribution in [3.05, 3.63) is 27.8 Å². The third kappa shape index (κ3) is 2.28. The molecule has 1 aromatic carbocycles. The van der Waals surface area contributed by atoms with Crippen molar-refractivity contribution in [2.75, 3.05) is 21.3 Å². The molecule has 0 radical (unpaired) electrons. The van der Waals surface area contributed by atoms with E-state index in [4.69, 9.17) is 9.47 Å². The minimum atomic E-state index is -0.487. The molecule has 6 heteroatoms. The second-order valence-corrected chi connectivity index (χ2v) is 2.91. The number of hydrogen-bond donors (Lipinski definition) is 0. The number of aliphatic imine (C=N–C) groups is 1. The van der Waals surface area contributed by atoms with Gasteiger partial charge in [0.25, 0.3) is 5.69 Å². The summed E-state index contributed by atoms with van der Waals surface area (Å²) in [7, 11) is 4.44. The summed E-state index contributed by atoms with van der Waals surface area (Å²) in [5.74, 6) is 0.755. The fourth-order valence-corrected chi connectivity index (χ4v) is 1.28. The van der Waals surface area contributed by atoms with Crippen molar-refractivity contribution in [1.82, 2.24) is 0 Å². The lowest BCUT2D eigenvalue weighted by atomic mass is 10.1. The zero-order valence-corrected chi connectivity index (χ0v) is 9.26. The highest BCUT2D eigenvalue weighted by molar-refractivity contribution is 5.86. The maximum atomic E-state index is 10.8. The van der Waals surface area contributed by atoms with Gasteiger partial charge in [-0.3, -0.25) is 15.1 Å². The van der Waals surface area contributed by atoms with Crippen molar-refractivity contribution in [1.29, 1.82) is 0 Å². The molecule has 0 atom stereocenters. The van der Waals surface area contributed by atoms with Crippen LogP contribution in [0.2, 0.25) is 0 Å². The molecular weight excluding hydrogens is 212 g/mol. The highest BCUT2D eigenvalue weighted by atomic mass is 16.6. The Labute approximate surface area is 92.7 Å². The van der Waals surface area contributed by atoms with E-state index in [0.29, 0.717) is 17.1 Å². The lowest BCUT2D eigenvalue weighted by Crippen LogP contribution is -1.98. The Hall–Kier alpha value is -2.11. The van der Waals surface area contributed by atoms with Gasteiger partial charge in [-0.25, -0.2) is 0 Å². The van der Waals surface area contributed by atoms with Crippen LogP contribution >= 0.6 is 0 Å². The Kier molecular flexibility index (Phi) is 3.82. The van der Waals surface area contributed by atoms with Crippen LogP contribution in [0, 0.1) is 10.1 Å². The van der Waals surface area contributed by atoms with E-state index in [1.807, 2.05) is 0 Å². The van der Waals surface area contributed by atoms with Crippen molar-refractivity contribution >= 4 is 11.9 Å². The van der Waals surface area contributed by atoms with Gasteiger partial charge >= 0.3 is 0 Å². The number of benzene rings is 1. The fraction of sp³-hybridized carbons (Fsp3) is 0.300. The van der Waals surface area contributed by atoms with E-state index in [1.54, 1.807) is 7.05 Å². The summed E-state index contributed by atoms with van der Waals surface area (Å²) in [6, 6.07) is 2.83. The molecule has 0 saturated carbocycles. The predicted octanol–water partition coefficient (Wildman–Crippen LogP) is 1.66. The van der Waals surface area contributed by atoms with Gasteiger partial charge in [0.2, 0.25) is 0 Å². The molecule has 1 aromatic rings. The molecule has 0 aliphatic rings. The Morgan fingerprint density at radius 1 is 1.31 bits per heavy atom. The fourth-order valence-electron chi connectivity index (χ4n) is 1.28. The SMILES string of the molecule is CN=Cc1cc(OC)c(OC)cc1[N+](=O)[O-]. The molecule has 0 heterocycles. The third-order valence-electron chi connectivity index (χ3n) is 2.00. The van der Waals surface area contributed by atoms with Gasteiger partial charge in [-0.05, 0) is 6.07 Å². The molecule has 1 rings (SSSR count). The Morgan fingerprint density at radius 2 is 1.88 bits per heavy atom. The Bertz CT molecular complexity index is 429. The van der Waals surface area contributed by atoms with E-state index in [1.165, 1.54) is 32.6 Å². The van der Waals surface area contributed by atoms with Gasteiger partial charge in [0, 0.05) is 13.3 Å². The largest absolute Gasteiger partial charge is 0.493 e. The van der Waals surface area contributed by atoms with E-state index in [2.05, 4.69) is 4.99 Å². The number of nitro benzene ring substituents is 1. The average Bonchev–Trinajstić information content (AvgIpc) is 2.28. The summed E-state index contributed by atoms with van der Waals surface area (Å²) in [6.45, 7) is 0. The molecule has 16 heavy (non-hydrogen) atoms. The zero-order chi connectivity index (χ0) is 12.1. The number of hydrogen-bond acceptors (Lipinski definition) is 5. The molecule has 0 amide bonds. The Balaban J connectivity index is 3.41. The minimum Gasteiger partial charge on any atom is -0.493 e. The van der Waals surface area contributed by atoms with Crippen molar-refractivity contribution < 1.29 is 14.4 Å². The zero-order valence-electron chi connectivity index (χ0n) is 9.26. The normalized spacial score (nSPS) is 10.4. The molecule has 86 valence electrons. The number of ether oxygens (including phenoxy) is 2. The first-order valence-electron chi connectivity index (χ1n) is 4.46. The lowest BCUT2D eigenvalue weighted by molar-refractivity contribution is -0.385. The van der Waals surface area contributed by atoms with Crippen LogP contribution in [0.4, 0.5) is 5.69 Å². The third-order valence-corrected chi connectivity index (χ3v) is 2.00. The van der Waals surface area contributed by atoms with Gasteiger partial charge in [0.05, 0.1) is 30.8 Å². The van der Waals surface area contributed by atoms with E-state index in [0.717, 1.165) is 0 Å². The molecule has 6 nitrogen and oxygen atoms in total. The van der Waals surface area contributed by atoms with E-state index >= 15 is 0 Å². The highest BCUT2D eigenvalue weighted by Crippen LogP contribution is 2.33. The summed E-state index contributed by atoms with van der Waals surface area (Å²) < 4.78 is 10.0. The van der Waals surface area contributed by atoms with Gasteiger partial charge in [0.1, 0.15) is 0 Å². The molecule has 0 aliphatic carbocycles. The molecule has 0 aliphatic heterocycles. The first-order chi connectivity index (χ1) is 7.63. The minimum absolute atomic E-state index is 0.0664. The van der Waals surface area contributed by atoms with Crippen LogP contribution in [-0.4, -0.2) is 32.4 Å². The average molecular weight is 224 g/mol. The smallest absolute Gasteiger partial charge is 0.282 e. The first kappa shape index (κ1) is 12.0. The van der Waals surface area contributed by atoms with Crippen molar-refractivity contribution in [2.45, 2.75) is 0 Å². The summed E-state index contributed by atoms with van der Waals surface area (Å²) in [5, 5.41) is 10.8. The lowest BCUT2D eigenvalue weighted by Gasteiger charge is -2.08. The number of methoxy groups -OCH3 is 2. The van der Waals surface area contributed by atoms with E-state index in [-0.39, 0.29) is 5.69 Å².